The largest absolute Gasteiger partial charge is 0.444 e. The first-order valence-electron chi connectivity index (χ1n) is 11.3. The monoisotopic (exact) mass is 528 g/mol. The van der Waals surface area contributed by atoms with E-state index in [2.05, 4.69) is 49.0 Å². The molecule has 0 fully saturated rings. The minimum absolute atomic E-state index is 0. The SMILES string of the molecule is CC(C)CSc1cc(CN)ccn1.CC(C)CSc1cc(CNC(=O)OC(C)(C)C)ccn1.Cl. The zero-order chi connectivity index (χ0) is 24.9. The van der Waals surface area contributed by atoms with Crippen molar-refractivity contribution in [2.45, 2.75) is 77.2 Å². The predicted molar refractivity (Wildman–Crippen MR) is 148 cm³/mol. The quantitative estimate of drug-likeness (QED) is 0.356. The number of thioether (sulfide) groups is 2. The van der Waals surface area contributed by atoms with Crippen LogP contribution in [0.2, 0.25) is 0 Å². The summed E-state index contributed by atoms with van der Waals surface area (Å²) in [7, 11) is 0. The Labute approximate surface area is 220 Å². The van der Waals surface area contributed by atoms with Crippen LogP contribution in [0, 0.1) is 11.8 Å². The fourth-order valence-electron chi connectivity index (χ4n) is 2.29. The van der Waals surface area contributed by atoms with Gasteiger partial charge in [-0.1, -0.05) is 27.7 Å². The number of amides is 1. The van der Waals surface area contributed by atoms with Gasteiger partial charge in [0.25, 0.3) is 0 Å². The molecule has 0 aromatic carbocycles. The summed E-state index contributed by atoms with van der Waals surface area (Å²) >= 11 is 3.52. The first-order valence-corrected chi connectivity index (χ1v) is 13.3. The number of carbonyl (C=O) groups is 1. The fraction of sp³-hybridized carbons (Fsp3) is 0.560. The average Bonchev–Trinajstić information content (AvgIpc) is 2.74. The summed E-state index contributed by atoms with van der Waals surface area (Å²) < 4.78 is 5.20. The molecule has 0 saturated carbocycles. The Hall–Kier alpha value is -1.48. The first kappa shape index (κ1) is 32.5. The van der Waals surface area contributed by atoms with Crippen LogP contribution in [0.3, 0.4) is 0 Å². The van der Waals surface area contributed by atoms with Crippen molar-refractivity contribution in [3.05, 3.63) is 47.8 Å². The smallest absolute Gasteiger partial charge is 0.407 e. The molecule has 1 amide bonds. The third-order valence-electron chi connectivity index (χ3n) is 3.80. The highest BCUT2D eigenvalue weighted by molar-refractivity contribution is 7.99. The number of nitrogens with one attached hydrogen (secondary N) is 1. The summed E-state index contributed by atoms with van der Waals surface area (Å²) in [4.78, 5) is 20.2. The summed E-state index contributed by atoms with van der Waals surface area (Å²) in [5, 5.41) is 4.82. The van der Waals surface area contributed by atoms with Crippen LogP contribution in [0.5, 0.6) is 0 Å². The molecule has 34 heavy (non-hydrogen) atoms. The molecule has 0 unspecified atom stereocenters. The Morgan fingerprint density at radius 2 is 1.44 bits per heavy atom. The Balaban J connectivity index is 0.000000676. The summed E-state index contributed by atoms with van der Waals surface area (Å²) in [5.41, 5.74) is 7.25. The van der Waals surface area contributed by atoms with Gasteiger partial charge in [0.2, 0.25) is 0 Å². The van der Waals surface area contributed by atoms with Gasteiger partial charge in [-0.05, 0) is 68.0 Å². The molecule has 2 aromatic heterocycles. The molecule has 2 heterocycles. The van der Waals surface area contributed by atoms with Crippen molar-refractivity contribution in [3.8, 4) is 0 Å². The molecule has 9 heteroatoms. The van der Waals surface area contributed by atoms with Crippen LogP contribution in [-0.4, -0.2) is 33.2 Å². The van der Waals surface area contributed by atoms with Crippen LogP contribution in [0.4, 0.5) is 4.79 Å². The lowest BCUT2D eigenvalue weighted by Crippen LogP contribution is -2.32. The van der Waals surface area contributed by atoms with Crippen LogP contribution in [-0.2, 0) is 17.8 Å². The summed E-state index contributed by atoms with van der Waals surface area (Å²) in [6.07, 6.45) is 3.20. The molecule has 0 aliphatic heterocycles. The van der Waals surface area contributed by atoms with Crippen LogP contribution >= 0.6 is 35.9 Å². The molecule has 3 N–H and O–H groups in total. The molecular formula is C25H41ClN4O2S2. The number of nitrogens with two attached hydrogens (primary N) is 1. The number of hydrogen-bond donors (Lipinski definition) is 2. The molecule has 0 aliphatic carbocycles. The summed E-state index contributed by atoms with van der Waals surface area (Å²) in [5.74, 6) is 3.48. The van der Waals surface area contributed by atoms with E-state index in [1.54, 1.807) is 29.7 Å². The number of hydrogen-bond acceptors (Lipinski definition) is 7. The topological polar surface area (TPSA) is 90.1 Å². The van der Waals surface area contributed by atoms with Gasteiger partial charge in [-0.3, -0.25) is 0 Å². The minimum atomic E-state index is -0.472. The number of ether oxygens (including phenoxy) is 1. The second-order valence-corrected chi connectivity index (χ2v) is 11.6. The van der Waals surface area contributed by atoms with E-state index < -0.39 is 11.7 Å². The normalized spacial score (nSPS) is 10.9. The molecule has 2 aromatic rings. The van der Waals surface area contributed by atoms with Crippen LogP contribution < -0.4 is 11.1 Å². The highest BCUT2D eigenvalue weighted by Gasteiger charge is 2.15. The average molecular weight is 529 g/mol. The van der Waals surface area contributed by atoms with E-state index in [4.69, 9.17) is 10.5 Å². The third-order valence-corrected chi connectivity index (χ3v) is 6.50. The summed E-state index contributed by atoms with van der Waals surface area (Å²) in [6, 6.07) is 7.92. The van der Waals surface area contributed by atoms with Gasteiger partial charge in [0.05, 0.1) is 10.1 Å². The Morgan fingerprint density at radius 1 is 0.971 bits per heavy atom. The Kier molecular flexibility index (Phi) is 16.3. The number of aromatic nitrogens is 2. The standard InChI is InChI=1S/C15H24N2O2S.C10H16N2S.ClH/c1-11(2)10-20-13-8-12(6-7-16-13)9-17-14(18)19-15(3,4)5;1-8(2)7-13-10-5-9(6-11)3-4-12-10;/h6-8,11H,9-10H2,1-5H3,(H,17,18);3-5,8H,6-7,11H2,1-2H3;1H. The zero-order valence-corrected chi connectivity index (χ0v) is 23.9. The number of carbonyl (C=O) groups excluding carboxylic acids is 1. The number of pyridine rings is 2. The van der Waals surface area contributed by atoms with Gasteiger partial charge in [0, 0.05) is 37.0 Å². The molecule has 2 rings (SSSR count). The maximum Gasteiger partial charge on any atom is 0.407 e. The molecule has 0 atom stereocenters. The molecule has 192 valence electrons. The Bertz CT molecular complexity index is 846. The molecule has 6 nitrogen and oxygen atoms in total. The van der Waals surface area contributed by atoms with E-state index in [1.165, 1.54) is 0 Å². The van der Waals surface area contributed by atoms with E-state index >= 15 is 0 Å². The molecular weight excluding hydrogens is 488 g/mol. The van der Waals surface area contributed by atoms with Gasteiger partial charge >= 0.3 is 6.09 Å². The van der Waals surface area contributed by atoms with Crippen molar-refractivity contribution in [1.29, 1.82) is 0 Å². The van der Waals surface area contributed by atoms with Crippen molar-refractivity contribution < 1.29 is 9.53 Å². The van der Waals surface area contributed by atoms with Crippen LogP contribution in [0.15, 0.2) is 46.7 Å². The number of alkyl carbamates (subject to hydrolysis) is 1. The number of nitrogens with zero attached hydrogens (tertiary/aromatic N) is 2. The van der Waals surface area contributed by atoms with Crippen LogP contribution in [0.25, 0.3) is 0 Å². The van der Waals surface area contributed by atoms with Gasteiger partial charge in [-0.25, -0.2) is 14.8 Å². The minimum Gasteiger partial charge on any atom is -0.444 e. The lowest BCUT2D eigenvalue weighted by Gasteiger charge is -2.19. The lowest BCUT2D eigenvalue weighted by molar-refractivity contribution is 0.0523. The van der Waals surface area contributed by atoms with Crippen molar-refractivity contribution >= 4 is 42.0 Å². The maximum absolute atomic E-state index is 11.6. The molecule has 0 spiro atoms. The summed E-state index contributed by atoms with van der Waals surface area (Å²) in [6.45, 7) is 15.4. The molecule has 0 saturated heterocycles. The zero-order valence-electron chi connectivity index (χ0n) is 21.5. The van der Waals surface area contributed by atoms with Crippen molar-refractivity contribution in [1.82, 2.24) is 15.3 Å². The van der Waals surface area contributed by atoms with Crippen molar-refractivity contribution in [2.24, 2.45) is 17.6 Å². The van der Waals surface area contributed by atoms with Gasteiger partial charge in [0.1, 0.15) is 5.60 Å². The van der Waals surface area contributed by atoms with Gasteiger partial charge < -0.3 is 15.8 Å². The van der Waals surface area contributed by atoms with Gasteiger partial charge in [-0.15, -0.1) is 35.9 Å². The van der Waals surface area contributed by atoms with E-state index in [9.17, 15) is 4.79 Å². The second-order valence-electron chi connectivity index (χ2n) is 9.47. The highest BCUT2D eigenvalue weighted by atomic mass is 35.5. The van der Waals surface area contributed by atoms with Crippen molar-refractivity contribution in [2.75, 3.05) is 11.5 Å². The third kappa shape index (κ3) is 16.2. The molecule has 0 radical (unpaired) electrons. The van der Waals surface area contributed by atoms with E-state index in [0.717, 1.165) is 32.7 Å². The van der Waals surface area contributed by atoms with Crippen LogP contribution in [0.1, 0.15) is 59.6 Å². The first-order chi connectivity index (χ1) is 15.5. The number of rotatable bonds is 9. The lowest BCUT2D eigenvalue weighted by atomic mass is 10.2. The van der Waals surface area contributed by atoms with Gasteiger partial charge in [-0.2, -0.15) is 0 Å². The van der Waals surface area contributed by atoms with Crippen molar-refractivity contribution in [3.63, 3.8) is 0 Å². The van der Waals surface area contributed by atoms with E-state index in [-0.39, 0.29) is 12.4 Å². The van der Waals surface area contributed by atoms with Gasteiger partial charge in [0.15, 0.2) is 0 Å². The van der Waals surface area contributed by atoms with E-state index in [0.29, 0.717) is 24.9 Å². The molecule has 0 bridgehead atoms. The fourth-order valence-corrected chi connectivity index (χ4v) is 4.04. The maximum atomic E-state index is 11.6. The second kappa shape index (κ2) is 17.0. The number of halogens is 1. The Morgan fingerprint density at radius 3 is 1.88 bits per heavy atom. The predicted octanol–water partition coefficient (Wildman–Crippen LogP) is 6.56. The van der Waals surface area contributed by atoms with E-state index in [1.807, 2.05) is 45.2 Å². The highest BCUT2D eigenvalue weighted by Crippen LogP contribution is 2.20. The molecule has 0 aliphatic rings.